The van der Waals surface area contributed by atoms with E-state index in [4.69, 9.17) is 90.9 Å². The van der Waals surface area contributed by atoms with Crippen molar-refractivity contribution in [1.29, 1.82) is 0 Å². The van der Waals surface area contributed by atoms with E-state index in [0.717, 1.165) is 38.6 Å². The fourth-order valence-corrected chi connectivity index (χ4v) is 12.5. The van der Waals surface area contributed by atoms with Crippen LogP contribution in [-0.4, -0.2) is 368 Å². The summed E-state index contributed by atoms with van der Waals surface area (Å²) < 4.78 is 73.4. The van der Waals surface area contributed by atoms with Gasteiger partial charge in [0.15, 0.2) is 37.2 Å². The number of ether oxygens (including phenoxy) is 13. The first-order valence-corrected chi connectivity index (χ1v) is 34.8. The lowest BCUT2D eigenvalue weighted by Crippen LogP contribution is -2.65. The van der Waals surface area contributed by atoms with Gasteiger partial charge in [0.05, 0.1) is 75.9 Å². The Morgan fingerprint density at radius 2 is 0.962 bits per heavy atom. The molecule has 0 bridgehead atoms. The highest BCUT2D eigenvalue weighted by Gasteiger charge is 2.57. The lowest BCUT2D eigenvalue weighted by Gasteiger charge is -2.46. The SMILES string of the molecule is C=CC(=O)OCC(O)COC(=O)C1OC(OO[C@H]2C[C@H](NC(C)=O)[C@H](O[C@@H]3CC(O)C(C)OC3C(=O)OC[C@@H](O)COC(=O)CCSCC(O)C(O)CS)O[C@H]2CO)C(O)C(O)[C@H]1O[C@@H]1OC(CO)[C@@H](OOC2OC(C(=O)O)[C@H](O[C@@H]3O[C@@H](CO)[C@@H](OOC)C[C@@H]3NC(C)=O)C(O)C2O)C[C@@H]1NC(C)=O. The second kappa shape index (κ2) is 43.5. The van der Waals surface area contributed by atoms with Crippen LogP contribution in [0.4, 0.5) is 0 Å². The summed E-state index contributed by atoms with van der Waals surface area (Å²) in [4.78, 5) is 134. The number of esters is 4. The maximum Gasteiger partial charge on any atom is 0.338 e. The minimum atomic E-state index is -2.36. The number of hydrogen-bond donors (Lipinski definition) is 17. The minimum absolute atomic E-state index is 0.0298. The maximum absolute atomic E-state index is 14.1. The lowest BCUT2D eigenvalue weighted by atomic mass is 9.97. The molecule has 6 heterocycles. The molecule has 6 aliphatic heterocycles. The molecular formula is C60H95N3O40S2. The van der Waals surface area contributed by atoms with Crippen LogP contribution in [0.2, 0.25) is 0 Å². The van der Waals surface area contributed by atoms with Gasteiger partial charge in [0.25, 0.3) is 0 Å². The summed E-state index contributed by atoms with van der Waals surface area (Å²) in [7, 11) is 1.18. The van der Waals surface area contributed by atoms with Crippen LogP contribution in [0.3, 0.4) is 0 Å². The van der Waals surface area contributed by atoms with E-state index in [1.807, 2.05) is 0 Å². The molecule has 0 aromatic carbocycles. The number of aliphatic hydroxyl groups excluding tert-OH is 12. The number of thiol groups is 1. The molecule has 0 radical (unpaired) electrons. The summed E-state index contributed by atoms with van der Waals surface area (Å²) in [5.41, 5.74) is 0. The number of carboxylic acids is 1. The van der Waals surface area contributed by atoms with E-state index < -0.39 is 291 Å². The second-order valence-electron chi connectivity index (χ2n) is 24.9. The summed E-state index contributed by atoms with van der Waals surface area (Å²) >= 11 is 5.08. The standard InChI is InChI=1S/C60H95N3O40S2/c1-7-42(75)86-17-27(70)20-89-55(84)52-50(96-58-31(63-26(5)69)12-37(41(16-66)94-58)100-102-59-46(79)44(77)49(51(97-59)53(81)82)95-57-30(62-25(4)68)10-35(99-85-6)39(14-64)93-57)45(78)47(80)60(98-52)103-101-36-11-29(61-24(3)67)56(92-40(36)15-65)91-38-13-32(72)23(2)90-48(38)54(83)88-19-28(71)18-87-43(76)8-9-105-22-34(74)33(73)21-104/h7,23,27-41,44-52,56-60,64-66,70-74,77-80,104H,1,8-22H2,2-6H3,(H,61,67)(H,62,68)(H,63,69)(H,81,82)/t23?,27?,28-,29-,30-,31-,32?,33?,34?,35-,36-,37-,38+,39-,40-,41?,44?,45?,46?,47?,48?,49+,50+,51?,52?,56+,57-,58-,59?,60?/m0/s1. The Labute approximate surface area is 608 Å². The predicted octanol–water partition coefficient (Wildman–Crippen LogP) is -9.07. The molecule has 105 heavy (non-hydrogen) atoms. The van der Waals surface area contributed by atoms with E-state index in [1.54, 1.807) is 0 Å². The number of thioether (sulfide) groups is 1. The fraction of sp³-hybridized carbons (Fsp3) is 0.833. The van der Waals surface area contributed by atoms with E-state index in [1.165, 1.54) is 14.0 Å². The van der Waals surface area contributed by atoms with Crippen LogP contribution in [-0.2, 0) is 129 Å². The molecule has 16 N–H and O–H groups in total. The number of carbonyl (C=O) groups excluding carboxylic acids is 7. The Kier molecular flexibility index (Phi) is 36.9. The Balaban J connectivity index is 1.13. The van der Waals surface area contributed by atoms with E-state index in [0.29, 0.717) is 0 Å². The summed E-state index contributed by atoms with van der Waals surface area (Å²) in [5.74, 6) is -7.85. The van der Waals surface area contributed by atoms with Crippen molar-refractivity contribution in [2.24, 2.45) is 0 Å². The third kappa shape index (κ3) is 26.1. The van der Waals surface area contributed by atoms with Crippen molar-refractivity contribution in [2.75, 3.05) is 70.6 Å². The molecule has 0 saturated carbocycles. The summed E-state index contributed by atoms with van der Waals surface area (Å²) in [6.07, 6.45) is -47.2. The van der Waals surface area contributed by atoms with E-state index >= 15 is 0 Å². The molecule has 3 amide bonds. The quantitative estimate of drug-likeness (QED) is 0.00517. The smallest absolute Gasteiger partial charge is 0.338 e. The highest BCUT2D eigenvalue weighted by molar-refractivity contribution is 7.99. The molecular weight excluding hydrogens is 1470 g/mol. The number of carboxylic acid groups (broad SMARTS) is 1. The molecule has 15 unspecified atom stereocenters. The molecule has 0 spiro atoms. The Morgan fingerprint density at radius 3 is 1.40 bits per heavy atom. The number of hydrogen-bond acceptors (Lipinski definition) is 41. The van der Waals surface area contributed by atoms with Crippen LogP contribution in [0.25, 0.3) is 0 Å². The van der Waals surface area contributed by atoms with Crippen molar-refractivity contribution in [2.45, 2.75) is 244 Å². The highest BCUT2D eigenvalue weighted by atomic mass is 32.2. The maximum atomic E-state index is 14.1. The average molecular weight is 1560 g/mol. The Hall–Kier alpha value is -4.88. The predicted molar refractivity (Wildman–Crippen MR) is 340 cm³/mol. The Bertz CT molecular complexity index is 2780. The topological polar surface area (TPSA) is 611 Å². The van der Waals surface area contributed by atoms with E-state index in [2.05, 4.69) is 35.2 Å². The molecule has 0 aromatic rings. The molecule has 43 nitrogen and oxygen atoms in total. The zero-order valence-corrected chi connectivity index (χ0v) is 59.1. The van der Waals surface area contributed by atoms with Gasteiger partial charge in [-0.1, -0.05) is 6.58 Å². The van der Waals surface area contributed by atoms with Gasteiger partial charge in [-0.15, -0.1) is 0 Å². The van der Waals surface area contributed by atoms with Crippen molar-refractivity contribution in [3.63, 3.8) is 0 Å². The van der Waals surface area contributed by atoms with Crippen molar-refractivity contribution in [1.82, 2.24) is 16.0 Å². The van der Waals surface area contributed by atoms with Gasteiger partial charge in [0.2, 0.25) is 30.3 Å². The van der Waals surface area contributed by atoms with Crippen molar-refractivity contribution in [3.8, 4) is 0 Å². The zero-order chi connectivity index (χ0) is 77.5. The van der Waals surface area contributed by atoms with Crippen molar-refractivity contribution < 1.29 is 196 Å². The van der Waals surface area contributed by atoms with Gasteiger partial charge in [-0.3, -0.25) is 19.2 Å². The number of aliphatic hydroxyl groups is 12. The molecule has 602 valence electrons. The number of amides is 3. The summed E-state index contributed by atoms with van der Waals surface area (Å²) in [6, 6.07) is -3.90. The van der Waals surface area contributed by atoms with Gasteiger partial charge >= 0.3 is 29.8 Å². The number of rotatable bonds is 39. The molecule has 30 atom stereocenters. The third-order valence-electron chi connectivity index (χ3n) is 16.7. The largest absolute Gasteiger partial charge is 0.479 e. The lowest BCUT2D eigenvalue weighted by molar-refractivity contribution is -0.461. The minimum Gasteiger partial charge on any atom is -0.479 e. The number of carbonyl (C=O) groups is 8. The average Bonchev–Trinajstić information content (AvgIpc) is 0.798. The van der Waals surface area contributed by atoms with Gasteiger partial charge in [-0.2, -0.15) is 24.4 Å². The van der Waals surface area contributed by atoms with Gasteiger partial charge in [0, 0.05) is 69.8 Å². The first-order chi connectivity index (χ1) is 49.8. The fourth-order valence-electron chi connectivity index (χ4n) is 11.3. The van der Waals surface area contributed by atoms with Crippen LogP contribution in [0.1, 0.15) is 59.8 Å². The van der Waals surface area contributed by atoms with E-state index in [9.17, 15) is 105 Å². The Morgan fingerprint density at radius 1 is 0.533 bits per heavy atom. The van der Waals surface area contributed by atoms with Crippen LogP contribution in [0, 0.1) is 0 Å². The molecule has 45 heteroatoms. The van der Waals surface area contributed by atoms with Crippen molar-refractivity contribution in [3.05, 3.63) is 12.7 Å². The third-order valence-corrected chi connectivity index (χ3v) is 18.2. The van der Waals surface area contributed by atoms with Crippen LogP contribution in [0.15, 0.2) is 12.7 Å². The summed E-state index contributed by atoms with van der Waals surface area (Å²) in [6.45, 7) is 2.34. The van der Waals surface area contributed by atoms with Crippen LogP contribution < -0.4 is 16.0 Å². The molecule has 6 aliphatic rings. The molecule has 0 aliphatic carbocycles. The zero-order valence-electron chi connectivity index (χ0n) is 57.4. The van der Waals surface area contributed by atoms with E-state index in [-0.39, 0.29) is 36.5 Å². The summed E-state index contributed by atoms with van der Waals surface area (Å²) in [5, 5.41) is 147. The first kappa shape index (κ1) is 89.0. The van der Waals surface area contributed by atoms with Crippen LogP contribution in [0.5, 0.6) is 0 Å². The van der Waals surface area contributed by atoms with Gasteiger partial charge in [-0.25, -0.2) is 48.5 Å². The highest BCUT2D eigenvalue weighted by Crippen LogP contribution is 2.36. The molecule has 6 rings (SSSR count). The molecule has 6 fully saturated rings. The monoisotopic (exact) mass is 1560 g/mol. The number of nitrogens with one attached hydrogen (secondary N) is 3. The van der Waals surface area contributed by atoms with Gasteiger partial charge < -0.3 is 144 Å². The number of aliphatic carboxylic acids is 1. The van der Waals surface area contributed by atoms with Crippen LogP contribution >= 0.6 is 24.4 Å². The van der Waals surface area contributed by atoms with Crippen molar-refractivity contribution >= 4 is 72.0 Å². The molecule has 0 aromatic heterocycles. The van der Waals surface area contributed by atoms with Gasteiger partial charge in [-0.05, 0) is 6.92 Å². The first-order valence-electron chi connectivity index (χ1n) is 33.0. The molecule has 6 saturated heterocycles. The second-order valence-corrected chi connectivity index (χ2v) is 26.4. The van der Waals surface area contributed by atoms with Gasteiger partial charge in [0.1, 0.15) is 118 Å². The normalized spacial score (nSPS) is 36.2.